The van der Waals surface area contributed by atoms with Crippen LogP contribution in [0, 0.1) is 0 Å². The number of anilines is 1. The molecule has 0 saturated heterocycles. The molecule has 2 N–H and O–H groups in total. The fraction of sp³-hybridized carbons (Fsp3) is 0.200. The monoisotopic (exact) mass is 179 g/mol. The molecule has 0 aliphatic heterocycles. The second kappa shape index (κ2) is 5.35. The highest BCUT2D eigenvalue weighted by Gasteiger charge is 1.89. The fourth-order valence-corrected chi connectivity index (χ4v) is 0.969. The maximum atomic E-state index is 8.11. The van der Waals surface area contributed by atoms with Gasteiger partial charge in [0.1, 0.15) is 0 Å². The smallest absolute Gasteiger partial charge is 0.0635 e. The molecule has 0 unspecified atom stereocenters. The van der Waals surface area contributed by atoms with Crippen molar-refractivity contribution >= 4 is 11.8 Å². The van der Waals surface area contributed by atoms with Crippen LogP contribution in [0.25, 0.3) is 6.08 Å². The number of allylic oxidation sites excluding steroid dienone is 1. The Hall–Kier alpha value is -1.32. The van der Waals surface area contributed by atoms with Gasteiger partial charge in [-0.05, 0) is 24.1 Å². The highest BCUT2D eigenvalue weighted by Crippen LogP contribution is 2.10. The van der Waals surface area contributed by atoms with Crippen LogP contribution in [0.1, 0.15) is 18.9 Å². The summed E-state index contributed by atoms with van der Waals surface area (Å²) in [4.78, 5) is 3.78. The van der Waals surface area contributed by atoms with Gasteiger partial charge >= 0.3 is 0 Å². The highest BCUT2D eigenvalue weighted by molar-refractivity contribution is 5.54. The van der Waals surface area contributed by atoms with E-state index in [0.29, 0.717) is 0 Å². The molecule has 3 heteroatoms. The summed E-state index contributed by atoms with van der Waals surface area (Å²) in [7, 11) is 0. The van der Waals surface area contributed by atoms with Crippen molar-refractivity contribution in [3.63, 3.8) is 0 Å². The van der Waals surface area contributed by atoms with Crippen LogP contribution in [-0.2, 0) is 4.99 Å². The Labute approximate surface area is 77.5 Å². The molecule has 1 aromatic rings. The van der Waals surface area contributed by atoms with E-state index in [4.69, 9.17) is 5.26 Å². The number of nitrogens with one attached hydrogen (secondary N) is 1. The van der Waals surface area contributed by atoms with Crippen LogP contribution in [0.4, 0.5) is 5.69 Å². The molecule has 0 aromatic heterocycles. The van der Waals surface area contributed by atoms with Gasteiger partial charge in [-0.1, -0.05) is 31.2 Å². The van der Waals surface area contributed by atoms with Crippen molar-refractivity contribution < 1.29 is 10.2 Å². The Kier molecular flexibility index (Phi) is 4.02. The fourth-order valence-electron chi connectivity index (χ4n) is 0.969. The van der Waals surface area contributed by atoms with Crippen molar-refractivity contribution in [3.8, 4) is 0 Å². The third-order valence-corrected chi connectivity index (χ3v) is 1.62. The molecule has 0 radical (unpaired) electrons. The molecule has 0 aliphatic rings. The molecule has 0 atom stereocenters. The molecule has 0 bridgehead atoms. The zero-order chi connectivity index (χ0) is 9.52. The average molecular weight is 179 g/mol. The van der Waals surface area contributed by atoms with E-state index in [1.165, 1.54) is 0 Å². The van der Waals surface area contributed by atoms with Crippen molar-refractivity contribution in [3.05, 3.63) is 35.9 Å². The summed E-state index contributed by atoms with van der Waals surface area (Å²) in [6.45, 7) is 2.09. The van der Waals surface area contributed by atoms with Crippen LogP contribution in [0.2, 0.25) is 0 Å². The SMILES string of the molecule is CC/C=C\c1ccc(NOO)cc1. The van der Waals surface area contributed by atoms with Crippen LogP contribution < -0.4 is 5.48 Å². The van der Waals surface area contributed by atoms with Gasteiger partial charge in [0.05, 0.1) is 5.69 Å². The Morgan fingerprint density at radius 3 is 2.62 bits per heavy atom. The van der Waals surface area contributed by atoms with E-state index in [2.05, 4.69) is 23.5 Å². The summed E-state index contributed by atoms with van der Waals surface area (Å²) >= 11 is 0. The lowest BCUT2D eigenvalue weighted by Crippen LogP contribution is -1.94. The normalized spacial score (nSPS) is 10.6. The first-order valence-corrected chi connectivity index (χ1v) is 4.20. The van der Waals surface area contributed by atoms with Crippen LogP contribution >= 0.6 is 0 Å². The van der Waals surface area contributed by atoms with E-state index in [0.717, 1.165) is 17.7 Å². The minimum Gasteiger partial charge on any atom is -0.236 e. The summed E-state index contributed by atoms with van der Waals surface area (Å²) in [5.74, 6) is 0. The van der Waals surface area contributed by atoms with Crippen LogP contribution in [0.15, 0.2) is 30.3 Å². The predicted molar refractivity (Wildman–Crippen MR) is 53.1 cm³/mol. The molecule has 3 nitrogen and oxygen atoms in total. The molecule has 0 fully saturated rings. The van der Waals surface area contributed by atoms with E-state index in [9.17, 15) is 0 Å². The van der Waals surface area contributed by atoms with Gasteiger partial charge in [0, 0.05) is 0 Å². The maximum absolute atomic E-state index is 8.11. The Balaban J connectivity index is 2.64. The van der Waals surface area contributed by atoms with Gasteiger partial charge in [0.2, 0.25) is 0 Å². The van der Waals surface area contributed by atoms with Crippen molar-refractivity contribution in [2.45, 2.75) is 13.3 Å². The van der Waals surface area contributed by atoms with Gasteiger partial charge in [0.15, 0.2) is 0 Å². The average Bonchev–Trinajstić information content (AvgIpc) is 2.17. The summed E-state index contributed by atoms with van der Waals surface area (Å²) in [6, 6.07) is 7.53. The van der Waals surface area contributed by atoms with Crippen molar-refractivity contribution in [1.29, 1.82) is 0 Å². The molecule has 0 heterocycles. The first-order valence-electron chi connectivity index (χ1n) is 4.20. The predicted octanol–water partition coefficient (Wildman–Crippen LogP) is 2.93. The second-order valence-electron chi connectivity index (χ2n) is 2.63. The molecular formula is C10H13NO2. The third kappa shape index (κ3) is 3.27. The van der Waals surface area contributed by atoms with Gasteiger partial charge < -0.3 is 0 Å². The number of benzene rings is 1. The van der Waals surface area contributed by atoms with Crippen LogP contribution in [-0.4, -0.2) is 5.26 Å². The van der Waals surface area contributed by atoms with Gasteiger partial charge in [0.25, 0.3) is 0 Å². The standard InChI is InChI=1S/C10H13NO2/c1-2-3-4-9-5-7-10(8-6-9)11-13-12/h3-8,11-12H,2H2,1H3/b4-3-. The zero-order valence-corrected chi connectivity index (χ0v) is 7.53. The summed E-state index contributed by atoms with van der Waals surface area (Å²) in [5.41, 5.74) is 4.17. The Morgan fingerprint density at radius 2 is 2.08 bits per heavy atom. The first-order chi connectivity index (χ1) is 6.36. The van der Waals surface area contributed by atoms with Crippen molar-refractivity contribution in [2.75, 3.05) is 5.48 Å². The quantitative estimate of drug-likeness (QED) is 0.551. The lowest BCUT2D eigenvalue weighted by Gasteiger charge is -2.00. The molecule has 0 spiro atoms. The molecule has 1 rings (SSSR count). The van der Waals surface area contributed by atoms with Gasteiger partial charge in [-0.25, -0.2) is 10.7 Å². The zero-order valence-electron chi connectivity index (χ0n) is 7.53. The van der Waals surface area contributed by atoms with Crippen LogP contribution in [0.3, 0.4) is 0 Å². The van der Waals surface area contributed by atoms with E-state index in [1.807, 2.05) is 30.3 Å². The number of hydrogen-bond donors (Lipinski definition) is 2. The van der Waals surface area contributed by atoms with E-state index in [1.54, 1.807) is 0 Å². The molecule has 13 heavy (non-hydrogen) atoms. The number of hydrogen-bond acceptors (Lipinski definition) is 3. The van der Waals surface area contributed by atoms with Crippen molar-refractivity contribution in [2.24, 2.45) is 0 Å². The van der Waals surface area contributed by atoms with Gasteiger partial charge in [-0.2, -0.15) is 0 Å². The molecule has 70 valence electrons. The first kappa shape index (κ1) is 9.77. The topological polar surface area (TPSA) is 41.5 Å². The van der Waals surface area contributed by atoms with E-state index >= 15 is 0 Å². The minimum absolute atomic E-state index is 0.719. The summed E-state index contributed by atoms with van der Waals surface area (Å²) in [5, 5.41) is 8.11. The highest BCUT2D eigenvalue weighted by atomic mass is 17.2. The Morgan fingerprint density at radius 1 is 1.38 bits per heavy atom. The molecular weight excluding hydrogens is 166 g/mol. The molecule has 0 amide bonds. The van der Waals surface area contributed by atoms with Gasteiger partial charge in [-0.3, -0.25) is 0 Å². The van der Waals surface area contributed by atoms with Gasteiger partial charge in [-0.15, -0.1) is 4.99 Å². The lowest BCUT2D eigenvalue weighted by atomic mass is 10.2. The summed E-state index contributed by atoms with van der Waals surface area (Å²) < 4.78 is 0. The maximum Gasteiger partial charge on any atom is 0.0635 e. The Bertz CT molecular complexity index is 267. The summed E-state index contributed by atoms with van der Waals surface area (Å²) in [6.07, 6.45) is 5.16. The largest absolute Gasteiger partial charge is 0.236 e. The van der Waals surface area contributed by atoms with E-state index < -0.39 is 0 Å². The molecule has 1 aromatic carbocycles. The second-order valence-corrected chi connectivity index (χ2v) is 2.63. The van der Waals surface area contributed by atoms with Crippen molar-refractivity contribution in [1.82, 2.24) is 0 Å². The molecule has 0 saturated carbocycles. The lowest BCUT2D eigenvalue weighted by molar-refractivity contribution is -0.215. The molecule has 0 aliphatic carbocycles. The number of rotatable bonds is 4. The van der Waals surface area contributed by atoms with E-state index in [-0.39, 0.29) is 0 Å². The minimum atomic E-state index is 0.719. The third-order valence-electron chi connectivity index (χ3n) is 1.62. The van der Waals surface area contributed by atoms with Crippen LogP contribution in [0.5, 0.6) is 0 Å².